The molecule has 2 fully saturated rings. The zero-order chi connectivity index (χ0) is 40.0. The van der Waals surface area contributed by atoms with Crippen molar-refractivity contribution in [2.75, 3.05) is 51.7 Å². The highest BCUT2D eigenvalue weighted by Crippen LogP contribution is 2.44. The highest BCUT2D eigenvalue weighted by atomic mass is 16.6. The van der Waals surface area contributed by atoms with E-state index in [1.807, 2.05) is 37.5 Å². The Bertz CT molecular complexity index is 2120. The number of carbonyl (C=O) groups excluding carboxylic acids is 2. The Labute approximate surface area is 334 Å². The minimum Gasteiger partial charge on any atom is -0.487 e. The number of hydrogen-bond acceptors (Lipinski definition) is 11. The van der Waals surface area contributed by atoms with Crippen LogP contribution < -0.4 is 26.3 Å². The van der Waals surface area contributed by atoms with Gasteiger partial charge >= 0.3 is 0 Å². The first-order valence-corrected chi connectivity index (χ1v) is 20.2. The van der Waals surface area contributed by atoms with E-state index in [4.69, 9.17) is 24.1 Å². The van der Waals surface area contributed by atoms with Gasteiger partial charge in [-0.3, -0.25) is 9.59 Å². The van der Waals surface area contributed by atoms with Crippen LogP contribution in [-0.2, 0) is 30.6 Å². The molecule has 4 aliphatic rings. The van der Waals surface area contributed by atoms with Crippen molar-refractivity contribution in [3.8, 4) is 28.1 Å². The minimum atomic E-state index is -0.448. The molecule has 57 heavy (non-hydrogen) atoms. The van der Waals surface area contributed by atoms with Crippen molar-refractivity contribution in [3.63, 3.8) is 0 Å². The van der Waals surface area contributed by atoms with Crippen LogP contribution in [0.2, 0.25) is 0 Å². The van der Waals surface area contributed by atoms with Crippen molar-refractivity contribution >= 4 is 34.0 Å². The summed E-state index contributed by atoms with van der Waals surface area (Å²) in [4.78, 5) is 50.4. The van der Waals surface area contributed by atoms with Gasteiger partial charge in [-0.2, -0.15) is 11.0 Å². The van der Waals surface area contributed by atoms with Crippen molar-refractivity contribution in [1.29, 1.82) is 0 Å². The van der Waals surface area contributed by atoms with Crippen molar-refractivity contribution in [2.24, 2.45) is 17.8 Å². The van der Waals surface area contributed by atoms with Crippen molar-refractivity contribution in [1.82, 2.24) is 30.7 Å². The van der Waals surface area contributed by atoms with Gasteiger partial charge in [0, 0.05) is 37.1 Å². The molecule has 14 nitrogen and oxygen atoms in total. The molecule has 14 heteroatoms. The van der Waals surface area contributed by atoms with E-state index in [-0.39, 0.29) is 47.8 Å². The van der Waals surface area contributed by atoms with Crippen LogP contribution in [0.3, 0.4) is 0 Å². The van der Waals surface area contributed by atoms with Gasteiger partial charge in [0.2, 0.25) is 11.8 Å². The smallest absolute Gasteiger partial charge is 0.242 e. The Balaban J connectivity index is 1.01. The van der Waals surface area contributed by atoms with Crippen LogP contribution in [0.5, 0.6) is 5.75 Å². The number of nitrogens with zero attached hydrogens (tertiary/aromatic N) is 3. The quantitative estimate of drug-likeness (QED) is 0.104. The maximum Gasteiger partial charge on any atom is 0.242 e. The average Bonchev–Trinajstić information content (AvgIpc) is 4.03. The van der Waals surface area contributed by atoms with Gasteiger partial charge in [-0.15, -0.1) is 0 Å². The predicted octanol–water partition coefficient (Wildman–Crippen LogP) is 5.83. The van der Waals surface area contributed by atoms with E-state index in [0.717, 1.165) is 81.1 Å². The second kappa shape index (κ2) is 16.3. The lowest BCUT2D eigenvalue weighted by Gasteiger charge is -2.33. The third kappa shape index (κ3) is 7.33. The lowest BCUT2D eigenvalue weighted by molar-refractivity contribution is -0.140. The number of aromatic nitrogens is 2. The maximum absolute atomic E-state index is 13.9. The molecule has 0 radical (unpaired) electrons. The number of likely N-dealkylation sites (tertiary alicyclic amines) is 2. The number of imidazole rings is 1. The molecule has 5 N–H and O–H groups in total. The first kappa shape index (κ1) is 39.1. The molecule has 1 unspecified atom stereocenters. The summed E-state index contributed by atoms with van der Waals surface area (Å²) in [5.74, 6) is 2.01. The molecule has 4 aliphatic heterocycles. The summed E-state index contributed by atoms with van der Waals surface area (Å²) in [6.45, 7) is 10.4. The Hall–Kier alpha value is -4.73. The first-order valence-electron chi connectivity index (χ1n) is 20.2. The SMILES string of the molecule is COC[C@H]1C[C@@H](C2Nc3ccc4cc(-c5ccc6c(c5)OCc5[nH]c([C@@H]7CCCN7C(=O)[C@@H](NOC)C(C)C)nc5-6)ccc4c3N2)N(C(=O)[C@@H](NOC)C(C)C)C1. The van der Waals surface area contributed by atoms with Crippen LogP contribution in [0, 0.1) is 17.8 Å². The number of fused-ring (bicyclic) bond motifs is 6. The Morgan fingerprint density at radius 2 is 1.63 bits per heavy atom. The number of carbonyl (C=O) groups is 2. The molecule has 2 saturated heterocycles. The monoisotopic (exact) mass is 780 g/mol. The second-order valence-electron chi connectivity index (χ2n) is 16.5. The van der Waals surface area contributed by atoms with E-state index < -0.39 is 12.1 Å². The summed E-state index contributed by atoms with van der Waals surface area (Å²) in [5.41, 5.74) is 12.7. The van der Waals surface area contributed by atoms with Crippen LogP contribution >= 0.6 is 0 Å². The topological polar surface area (TPSA) is 154 Å². The number of nitrogens with one attached hydrogen (secondary N) is 5. The van der Waals surface area contributed by atoms with Gasteiger partial charge in [-0.25, -0.2) is 4.98 Å². The van der Waals surface area contributed by atoms with Crippen molar-refractivity contribution in [2.45, 2.75) is 83.9 Å². The van der Waals surface area contributed by atoms with Crippen LogP contribution in [0.1, 0.15) is 64.5 Å². The number of amides is 2. The Morgan fingerprint density at radius 1 is 0.912 bits per heavy atom. The lowest BCUT2D eigenvalue weighted by atomic mass is 9.97. The van der Waals surface area contributed by atoms with Gasteiger partial charge in [0.1, 0.15) is 36.4 Å². The molecule has 0 aliphatic carbocycles. The molecule has 6 atom stereocenters. The summed E-state index contributed by atoms with van der Waals surface area (Å²) in [7, 11) is 4.81. The highest BCUT2D eigenvalue weighted by molar-refractivity contribution is 6.03. The molecule has 0 bridgehead atoms. The van der Waals surface area contributed by atoms with E-state index in [1.165, 1.54) is 0 Å². The Kier molecular flexibility index (Phi) is 11.2. The Morgan fingerprint density at radius 3 is 2.35 bits per heavy atom. The summed E-state index contributed by atoms with van der Waals surface area (Å²) < 4.78 is 11.9. The van der Waals surface area contributed by atoms with Gasteiger partial charge in [0.15, 0.2) is 0 Å². The number of anilines is 2. The maximum atomic E-state index is 13.9. The van der Waals surface area contributed by atoms with Gasteiger partial charge in [-0.05, 0) is 71.9 Å². The third-order valence-electron chi connectivity index (χ3n) is 12.1. The zero-order valence-electron chi connectivity index (χ0n) is 34.0. The van der Waals surface area contributed by atoms with E-state index in [1.54, 1.807) is 21.3 Å². The van der Waals surface area contributed by atoms with Crippen LogP contribution in [0.25, 0.3) is 33.2 Å². The normalized spacial score (nSPS) is 22.3. The first-order chi connectivity index (χ1) is 27.6. The number of H-pyrrole nitrogens is 1. The standard InChI is InChI=1S/C43H56N8O6/c1-23(2)36(48-55-6)42(52)50-16-8-9-33(50)40-45-32-22-57-35-19-27(11-14-30(35)39(32)47-40)26-10-13-29-28(18-26)12-15-31-38(29)46-41(44-31)34-17-25(21-54-5)20-51(34)43(53)37(24(3)4)49-56-7/h10-15,18-19,23-25,33-34,36-37,41,44,46,48-49H,8-9,16-17,20-22H2,1-7H3,(H,45,47)/t25-,33-,34-,36-,37-,41?/m0/s1. The molecule has 2 amide bonds. The molecule has 3 aromatic carbocycles. The number of hydrogen-bond donors (Lipinski definition) is 5. The van der Waals surface area contributed by atoms with E-state index in [0.29, 0.717) is 26.3 Å². The number of hydroxylamine groups is 2. The van der Waals surface area contributed by atoms with Crippen molar-refractivity contribution < 1.29 is 28.7 Å². The molecule has 304 valence electrons. The number of methoxy groups -OCH3 is 1. The zero-order valence-corrected chi connectivity index (χ0v) is 34.0. The summed E-state index contributed by atoms with van der Waals surface area (Å²) in [5, 5.41) is 9.68. The molecule has 1 aromatic heterocycles. The number of ether oxygens (including phenoxy) is 2. The van der Waals surface area contributed by atoms with E-state index in [2.05, 4.69) is 75.1 Å². The molecular weight excluding hydrogens is 725 g/mol. The lowest BCUT2D eigenvalue weighted by Crippen LogP contribution is -2.54. The predicted molar refractivity (Wildman–Crippen MR) is 219 cm³/mol. The second-order valence-corrected chi connectivity index (χ2v) is 16.5. The fourth-order valence-corrected chi connectivity index (χ4v) is 9.17. The average molecular weight is 781 g/mol. The molecule has 4 aromatic rings. The van der Waals surface area contributed by atoms with E-state index >= 15 is 0 Å². The largest absolute Gasteiger partial charge is 0.487 e. The molecule has 8 rings (SSSR count). The molecule has 0 saturated carbocycles. The van der Waals surface area contributed by atoms with Gasteiger partial charge in [0.25, 0.3) is 0 Å². The molecule has 0 spiro atoms. The third-order valence-corrected chi connectivity index (χ3v) is 12.1. The van der Waals surface area contributed by atoms with Gasteiger partial charge in [-0.1, -0.05) is 52.0 Å². The summed E-state index contributed by atoms with van der Waals surface area (Å²) in [6, 6.07) is 16.0. The number of rotatable bonds is 13. The summed E-state index contributed by atoms with van der Waals surface area (Å²) >= 11 is 0. The van der Waals surface area contributed by atoms with Gasteiger partial charge < -0.3 is 44.6 Å². The van der Waals surface area contributed by atoms with Crippen LogP contribution in [-0.4, -0.2) is 96.9 Å². The number of aromatic amines is 1. The molecule has 5 heterocycles. The minimum absolute atomic E-state index is 0.0246. The van der Waals surface area contributed by atoms with Crippen LogP contribution in [0.15, 0.2) is 48.5 Å². The fraction of sp³-hybridized carbons (Fsp3) is 0.512. The van der Waals surface area contributed by atoms with Gasteiger partial charge in [0.05, 0.1) is 55.7 Å². The highest BCUT2D eigenvalue weighted by Gasteiger charge is 2.44. The van der Waals surface area contributed by atoms with E-state index in [9.17, 15) is 9.59 Å². The number of benzene rings is 3. The fourth-order valence-electron chi connectivity index (χ4n) is 9.17. The molecular formula is C43H56N8O6. The summed E-state index contributed by atoms with van der Waals surface area (Å²) in [6.07, 6.45) is 2.43. The van der Waals surface area contributed by atoms with Crippen LogP contribution in [0.4, 0.5) is 11.4 Å². The van der Waals surface area contributed by atoms with Crippen molar-refractivity contribution in [3.05, 3.63) is 60.0 Å².